The standard InChI is InChI=1S/C11H22N4O2/c1-7-13-8(2)9(12-6)14-15-10(16)17-11(3,4)5/h7,10,15-16H,1H2,2-6H3,(H,12,14). The molecule has 0 aromatic rings. The summed E-state index contributed by atoms with van der Waals surface area (Å²) in [5.41, 5.74) is 5.50. The normalized spacial score (nSPS) is 15.6. The van der Waals surface area contributed by atoms with E-state index in [-0.39, 0.29) is 0 Å². The van der Waals surface area contributed by atoms with E-state index in [0.29, 0.717) is 11.5 Å². The van der Waals surface area contributed by atoms with Crippen LogP contribution in [0.2, 0.25) is 0 Å². The van der Waals surface area contributed by atoms with Gasteiger partial charge >= 0.3 is 0 Å². The number of nitrogens with one attached hydrogen (secondary N) is 2. The Labute approximate surface area is 102 Å². The largest absolute Gasteiger partial charge is 0.355 e. The molecule has 0 aliphatic carbocycles. The molecule has 6 heteroatoms. The molecule has 0 saturated heterocycles. The second kappa shape index (κ2) is 7.16. The van der Waals surface area contributed by atoms with E-state index in [1.807, 2.05) is 20.8 Å². The van der Waals surface area contributed by atoms with Gasteiger partial charge in [0, 0.05) is 13.2 Å². The van der Waals surface area contributed by atoms with Gasteiger partial charge in [-0.1, -0.05) is 6.58 Å². The summed E-state index contributed by atoms with van der Waals surface area (Å²) in [6, 6.07) is 0. The summed E-state index contributed by atoms with van der Waals surface area (Å²) in [4.78, 5) is 7.95. The van der Waals surface area contributed by atoms with Crippen LogP contribution in [0.4, 0.5) is 0 Å². The molecular formula is C11H22N4O2. The Morgan fingerprint density at radius 1 is 1.47 bits per heavy atom. The number of aliphatic imine (C=N–C) groups is 2. The summed E-state index contributed by atoms with van der Waals surface area (Å²) in [5.74, 6) is 0.501. The molecule has 0 aromatic carbocycles. The first kappa shape index (κ1) is 15.8. The van der Waals surface area contributed by atoms with Crippen molar-refractivity contribution in [2.75, 3.05) is 7.05 Å². The van der Waals surface area contributed by atoms with Crippen molar-refractivity contribution >= 4 is 11.5 Å². The van der Waals surface area contributed by atoms with Gasteiger partial charge in [0.15, 0.2) is 5.84 Å². The molecule has 6 nitrogen and oxygen atoms in total. The van der Waals surface area contributed by atoms with Crippen molar-refractivity contribution in [3.63, 3.8) is 0 Å². The van der Waals surface area contributed by atoms with Crippen LogP contribution in [-0.2, 0) is 4.74 Å². The fourth-order valence-corrected chi connectivity index (χ4v) is 1.00. The van der Waals surface area contributed by atoms with E-state index in [2.05, 4.69) is 27.4 Å². The van der Waals surface area contributed by atoms with Crippen LogP contribution in [0.25, 0.3) is 0 Å². The molecule has 0 spiro atoms. The van der Waals surface area contributed by atoms with Crippen LogP contribution >= 0.6 is 0 Å². The molecule has 0 bridgehead atoms. The Bertz CT molecular complexity index is 305. The Morgan fingerprint density at radius 3 is 2.47 bits per heavy atom. The third kappa shape index (κ3) is 7.62. The molecule has 1 atom stereocenters. The fraction of sp³-hybridized carbons (Fsp3) is 0.636. The molecule has 0 radical (unpaired) electrons. The van der Waals surface area contributed by atoms with Crippen LogP contribution in [0.1, 0.15) is 27.7 Å². The maximum Gasteiger partial charge on any atom is 0.231 e. The minimum atomic E-state index is -1.14. The van der Waals surface area contributed by atoms with Gasteiger partial charge in [-0.25, -0.2) is 0 Å². The number of hydrazine groups is 1. The minimum absolute atomic E-state index is 0.443. The van der Waals surface area contributed by atoms with Crippen molar-refractivity contribution < 1.29 is 9.84 Å². The molecule has 0 amide bonds. The van der Waals surface area contributed by atoms with E-state index in [1.165, 1.54) is 6.20 Å². The van der Waals surface area contributed by atoms with Crippen LogP contribution < -0.4 is 10.9 Å². The fourth-order valence-electron chi connectivity index (χ4n) is 1.00. The molecule has 0 rings (SSSR count). The zero-order valence-electron chi connectivity index (χ0n) is 11.1. The molecule has 0 heterocycles. The Morgan fingerprint density at radius 2 is 2.06 bits per heavy atom. The highest BCUT2D eigenvalue weighted by Gasteiger charge is 2.16. The smallest absolute Gasteiger partial charge is 0.231 e. The summed E-state index contributed by atoms with van der Waals surface area (Å²) < 4.78 is 5.24. The molecule has 0 aliphatic rings. The predicted octanol–water partition coefficient (Wildman–Crippen LogP) is 0.804. The number of aliphatic hydroxyl groups is 1. The highest BCUT2D eigenvalue weighted by Crippen LogP contribution is 2.07. The van der Waals surface area contributed by atoms with E-state index >= 15 is 0 Å². The Kier molecular flexibility index (Phi) is 6.64. The first-order valence-electron chi connectivity index (χ1n) is 5.30. The van der Waals surface area contributed by atoms with Crippen molar-refractivity contribution in [1.29, 1.82) is 0 Å². The van der Waals surface area contributed by atoms with E-state index < -0.39 is 12.0 Å². The van der Waals surface area contributed by atoms with E-state index in [1.54, 1.807) is 14.0 Å². The number of amidine groups is 1. The molecule has 0 fully saturated rings. The Hall–Kier alpha value is -1.24. The van der Waals surface area contributed by atoms with E-state index in [0.717, 1.165) is 0 Å². The molecule has 3 N–H and O–H groups in total. The van der Waals surface area contributed by atoms with Crippen molar-refractivity contribution in [1.82, 2.24) is 10.9 Å². The van der Waals surface area contributed by atoms with Gasteiger partial charge in [0.05, 0.1) is 11.3 Å². The highest BCUT2D eigenvalue weighted by atomic mass is 16.6. The van der Waals surface area contributed by atoms with Gasteiger partial charge in [0.2, 0.25) is 6.41 Å². The highest BCUT2D eigenvalue weighted by molar-refractivity contribution is 6.40. The summed E-state index contributed by atoms with van der Waals surface area (Å²) >= 11 is 0. The van der Waals surface area contributed by atoms with Gasteiger partial charge in [0.1, 0.15) is 0 Å². The van der Waals surface area contributed by atoms with Gasteiger partial charge in [0.25, 0.3) is 0 Å². The maximum atomic E-state index is 9.53. The molecule has 17 heavy (non-hydrogen) atoms. The first-order chi connectivity index (χ1) is 7.80. The first-order valence-corrected chi connectivity index (χ1v) is 5.30. The quantitative estimate of drug-likeness (QED) is 0.288. The van der Waals surface area contributed by atoms with E-state index in [9.17, 15) is 5.11 Å². The zero-order valence-corrected chi connectivity index (χ0v) is 11.1. The molecule has 98 valence electrons. The van der Waals surface area contributed by atoms with Crippen molar-refractivity contribution in [3.8, 4) is 0 Å². The summed E-state index contributed by atoms with van der Waals surface area (Å²) in [7, 11) is 1.61. The number of ether oxygens (including phenoxy) is 1. The van der Waals surface area contributed by atoms with Gasteiger partial charge in [-0.05, 0) is 27.7 Å². The second-order valence-electron chi connectivity index (χ2n) is 4.32. The number of nitrogens with zero attached hydrogens (tertiary/aromatic N) is 2. The predicted molar refractivity (Wildman–Crippen MR) is 69.8 cm³/mol. The zero-order chi connectivity index (χ0) is 13.5. The van der Waals surface area contributed by atoms with Crippen LogP contribution in [0, 0.1) is 0 Å². The lowest BCUT2D eigenvalue weighted by molar-refractivity contribution is -0.184. The number of rotatable bonds is 5. The summed E-state index contributed by atoms with van der Waals surface area (Å²) in [6.07, 6.45) is 0.285. The lowest BCUT2D eigenvalue weighted by Crippen LogP contribution is -2.49. The minimum Gasteiger partial charge on any atom is -0.355 e. The van der Waals surface area contributed by atoms with Crippen LogP contribution in [-0.4, -0.2) is 35.7 Å². The molecule has 0 aliphatic heterocycles. The molecule has 0 aromatic heterocycles. The topological polar surface area (TPSA) is 78.2 Å². The van der Waals surface area contributed by atoms with Crippen LogP contribution in [0.15, 0.2) is 22.8 Å². The van der Waals surface area contributed by atoms with Crippen LogP contribution in [0.3, 0.4) is 0 Å². The average molecular weight is 242 g/mol. The molecular weight excluding hydrogens is 220 g/mol. The van der Waals surface area contributed by atoms with Gasteiger partial charge in [-0.2, -0.15) is 5.43 Å². The van der Waals surface area contributed by atoms with Crippen molar-refractivity contribution in [2.24, 2.45) is 9.98 Å². The summed E-state index contributed by atoms with van der Waals surface area (Å²) in [6.45, 7) is 10.8. The van der Waals surface area contributed by atoms with Crippen LogP contribution in [0.5, 0.6) is 0 Å². The van der Waals surface area contributed by atoms with Gasteiger partial charge < -0.3 is 15.3 Å². The van der Waals surface area contributed by atoms with E-state index in [4.69, 9.17) is 4.74 Å². The summed E-state index contributed by atoms with van der Waals surface area (Å²) in [5, 5.41) is 9.53. The SMILES string of the molecule is C=CN=C(C)C(=NC)NNC(O)OC(C)(C)C. The number of hydrogen-bond donors (Lipinski definition) is 3. The lowest BCUT2D eigenvalue weighted by Gasteiger charge is -2.25. The molecule has 1 unspecified atom stereocenters. The third-order valence-electron chi connectivity index (χ3n) is 1.63. The monoisotopic (exact) mass is 242 g/mol. The third-order valence-corrected chi connectivity index (χ3v) is 1.63. The Balaban J connectivity index is 4.26. The van der Waals surface area contributed by atoms with Crippen molar-refractivity contribution in [3.05, 3.63) is 12.8 Å². The number of hydrogen-bond acceptors (Lipinski definition) is 5. The average Bonchev–Trinajstić information content (AvgIpc) is 2.16. The molecule has 0 saturated carbocycles. The van der Waals surface area contributed by atoms with Gasteiger partial charge in [-0.3, -0.25) is 9.98 Å². The number of aliphatic hydroxyl groups excluding tert-OH is 1. The lowest BCUT2D eigenvalue weighted by atomic mass is 10.2. The van der Waals surface area contributed by atoms with Gasteiger partial charge in [-0.15, -0.1) is 0 Å². The van der Waals surface area contributed by atoms with Crippen molar-refractivity contribution in [2.45, 2.75) is 39.7 Å². The maximum absolute atomic E-state index is 9.53. The second-order valence-corrected chi connectivity index (χ2v) is 4.32.